The van der Waals surface area contributed by atoms with E-state index in [-0.39, 0.29) is 23.8 Å². The number of carbonyl (C=O) groups is 1. The lowest BCUT2D eigenvalue weighted by Crippen LogP contribution is -2.44. The first-order valence-electron chi connectivity index (χ1n) is 9.60. The molecule has 0 aromatic heterocycles. The molecule has 2 unspecified atom stereocenters. The van der Waals surface area contributed by atoms with E-state index < -0.39 is 4.92 Å². The van der Waals surface area contributed by atoms with E-state index in [9.17, 15) is 14.9 Å². The maximum atomic E-state index is 12.4. The van der Waals surface area contributed by atoms with Gasteiger partial charge in [-0.1, -0.05) is 30.3 Å². The molecular formula is C22H25N3O4. The van der Waals surface area contributed by atoms with Gasteiger partial charge in [0.2, 0.25) is 5.91 Å². The quantitative estimate of drug-likeness (QED) is 0.456. The van der Waals surface area contributed by atoms with Gasteiger partial charge in [0.15, 0.2) is 0 Å². The molecule has 0 radical (unpaired) electrons. The van der Waals surface area contributed by atoms with Crippen molar-refractivity contribution in [3.05, 3.63) is 75.8 Å². The van der Waals surface area contributed by atoms with Crippen molar-refractivity contribution >= 4 is 23.4 Å². The van der Waals surface area contributed by atoms with Gasteiger partial charge in [0.05, 0.1) is 17.1 Å². The fraction of sp³-hybridized carbons (Fsp3) is 0.318. The molecule has 29 heavy (non-hydrogen) atoms. The van der Waals surface area contributed by atoms with Crippen LogP contribution in [0.1, 0.15) is 25.0 Å². The molecule has 1 aliphatic rings. The summed E-state index contributed by atoms with van der Waals surface area (Å²) in [5.74, 6) is -0.285. The fourth-order valence-electron chi connectivity index (χ4n) is 3.52. The Bertz CT molecular complexity index is 902. The first-order valence-corrected chi connectivity index (χ1v) is 9.60. The number of benzene rings is 2. The predicted octanol–water partition coefficient (Wildman–Crippen LogP) is 3.86. The van der Waals surface area contributed by atoms with Crippen molar-refractivity contribution in [3.8, 4) is 0 Å². The molecule has 7 heteroatoms. The van der Waals surface area contributed by atoms with Gasteiger partial charge >= 0.3 is 0 Å². The summed E-state index contributed by atoms with van der Waals surface area (Å²) in [7, 11) is 0. The third kappa shape index (κ3) is 5.97. The Labute approximate surface area is 170 Å². The Hall–Kier alpha value is -3.03. The van der Waals surface area contributed by atoms with Crippen LogP contribution in [0.5, 0.6) is 0 Å². The van der Waals surface area contributed by atoms with E-state index in [0.29, 0.717) is 5.56 Å². The minimum Gasteiger partial charge on any atom is -0.373 e. The highest BCUT2D eigenvalue weighted by Gasteiger charge is 2.22. The van der Waals surface area contributed by atoms with Crippen LogP contribution in [0.3, 0.4) is 0 Å². The average molecular weight is 395 g/mol. The number of rotatable bonds is 6. The van der Waals surface area contributed by atoms with Crippen LogP contribution in [0.25, 0.3) is 6.08 Å². The fourth-order valence-corrected chi connectivity index (χ4v) is 3.52. The second kappa shape index (κ2) is 9.45. The van der Waals surface area contributed by atoms with Gasteiger partial charge in [0.1, 0.15) is 0 Å². The second-order valence-electron chi connectivity index (χ2n) is 7.28. The number of ether oxygens (including phenoxy) is 1. The zero-order chi connectivity index (χ0) is 20.8. The highest BCUT2D eigenvalue weighted by Crippen LogP contribution is 2.20. The van der Waals surface area contributed by atoms with Gasteiger partial charge in [-0.25, -0.2) is 0 Å². The van der Waals surface area contributed by atoms with Crippen molar-refractivity contribution in [2.75, 3.05) is 18.4 Å². The van der Waals surface area contributed by atoms with Crippen LogP contribution in [0, 0.1) is 10.1 Å². The number of hydrogen-bond acceptors (Lipinski definition) is 5. The van der Waals surface area contributed by atoms with Crippen molar-refractivity contribution in [2.24, 2.45) is 0 Å². The molecule has 0 spiro atoms. The largest absolute Gasteiger partial charge is 0.373 e. The van der Waals surface area contributed by atoms with E-state index in [1.165, 1.54) is 18.2 Å². The number of carbonyl (C=O) groups excluding carboxylic acids is 1. The summed E-state index contributed by atoms with van der Waals surface area (Å²) in [6, 6.07) is 13.9. The summed E-state index contributed by atoms with van der Waals surface area (Å²) in [5, 5.41) is 13.8. The molecule has 1 fully saturated rings. The van der Waals surface area contributed by atoms with Crippen molar-refractivity contribution in [1.82, 2.24) is 4.90 Å². The van der Waals surface area contributed by atoms with Gasteiger partial charge in [-0.05, 0) is 37.1 Å². The minimum absolute atomic E-state index is 0.00753. The topological polar surface area (TPSA) is 84.7 Å². The summed E-state index contributed by atoms with van der Waals surface area (Å²) in [6.45, 7) is 6.55. The molecule has 0 saturated carbocycles. The number of nitro groups is 1. The molecule has 2 atom stereocenters. The van der Waals surface area contributed by atoms with E-state index >= 15 is 0 Å². The Kier molecular flexibility index (Phi) is 6.74. The average Bonchev–Trinajstić information content (AvgIpc) is 2.67. The van der Waals surface area contributed by atoms with Gasteiger partial charge in [0.25, 0.3) is 5.69 Å². The maximum absolute atomic E-state index is 12.4. The van der Waals surface area contributed by atoms with Crippen LogP contribution >= 0.6 is 0 Å². The molecule has 2 aromatic rings. The van der Waals surface area contributed by atoms with E-state index in [1.54, 1.807) is 18.2 Å². The van der Waals surface area contributed by atoms with Crippen LogP contribution < -0.4 is 5.32 Å². The maximum Gasteiger partial charge on any atom is 0.270 e. The normalized spacial score (nSPS) is 19.9. The Morgan fingerprint density at radius 2 is 1.93 bits per heavy atom. The Morgan fingerprint density at radius 3 is 2.66 bits per heavy atom. The van der Waals surface area contributed by atoms with Crippen LogP contribution in [-0.4, -0.2) is 41.0 Å². The first-order chi connectivity index (χ1) is 13.9. The van der Waals surface area contributed by atoms with Crippen molar-refractivity contribution in [2.45, 2.75) is 32.6 Å². The summed E-state index contributed by atoms with van der Waals surface area (Å²) in [4.78, 5) is 25.1. The predicted molar refractivity (Wildman–Crippen MR) is 112 cm³/mol. The van der Waals surface area contributed by atoms with Crippen LogP contribution in [0.2, 0.25) is 0 Å². The number of amides is 1. The van der Waals surface area contributed by atoms with Gasteiger partial charge in [0, 0.05) is 43.5 Å². The molecule has 1 amide bonds. The van der Waals surface area contributed by atoms with Crippen molar-refractivity contribution in [3.63, 3.8) is 0 Å². The summed E-state index contributed by atoms with van der Waals surface area (Å²) in [5.41, 5.74) is 2.38. The van der Waals surface area contributed by atoms with Crippen molar-refractivity contribution in [1.29, 1.82) is 0 Å². The molecule has 1 aliphatic heterocycles. The van der Waals surface area contributed by atoms with Crippen molar-refractivity contribution < 1.29 is 14.5 Å². The smallest absolute Gasteiger partial charge is 0.270 e. The van der Waals surface area contributed by atoms with Crippen LogP contribution in [-0.2, 0) is 16.1 Å². The van der Waals surface area contributed by atoms with E-state index in [1.807, 2.05) is 24.3 Å². The first kappa shape index (κ1) is 20.7. The number of nitrogens with one attached hydrogen (secondary N) is 1. The third-order valence-electron chi connectivity index (χ3n) is 4.67. The zero-order valence-electron chi connectivity index (χ0n) is 16.6. The Morgan fingerprint density at radius 1 is 1.21 bits per heavy atom. The third-order valence-corrected chi connectivity index (χ3v) is 4.67. The van der Waals surface area contributed by atoms with Gasteiger partial charge in [-0.3, -0.25) is 19.8 Å². The lowest BCUT2D eigenvalue weighted by Gasteiger charge is -2.35. The summed E-state index contributed by atoms with van der Waals surface area (Å²) in [6.07, 6.45) is 3.31. The highest BCUT2D eigenvalue weighted by molar-refractivity contribution is 6.02. The molecule has 1 heterocycles. The molecule has 1 saturated heterocycles. The van der Waals surface area contributed by atoms with E-state index in [4.69, 9.17) is 4.74 Å². The van der Waals surface area contributed by atoms with Gasteiger partial charge in [-0.2, -0.15) is 0 Å². The number of anilines is 1. The van der Waals surface area contributed by atoms with E-state index in [0.717, 1.165) is 30.9 Å². The number of non-ortho nitro benzene ring substituents is 1. The lowest BCUT2D eigenvalue weighted by molar-refractivity contribution is -0.384. The van der Waals surface area contributed by atoms with Gasteiger partial charge < -0.3 is 10.1 Å². The molecule has 2 aromatic carbocycles. The zero-order valence-corrected chi connectivity index (χ0v) is 16.6. The monoisotopic (exact) mass is 395 g/mol. The van der Waals surface area contributed by atoms with Crippen LogP contribution in [0.4, 0.5) is 11.4 Å². The highest BCUT2D eigenvalue weighted by atomic mass is 16.6. The van der Waals surface area contributed by atoms with Gasteiger partial charge in [-0.15, -0.1) is 0 Å². The molecule has 7 nitrogen and oxygen atoms in total. The molecule has 0 bridgehead atoms. The number of hydrogen-bond donors (Lipinski definition) is 1. The Balaban J connectivity index is 1.66. The number of nitrogens with zero attached hydrogens (tertiary/aromatic N) is 2. The number of nitro benzene ring substituents is 1. The number of para-hydroxylation sites is 1. The summed E-state index contributed by atoms with van der Waals surface area (Å²) < 4.78 is 5.78. The van der Waals surface area contributed by atoms with Crippen LogP contribution in [0.15, 0.2) is 54.6 Å². The molecule has 1 N–H and O–H groups in total. The lowest BCUT2D eigenvalue weighted by atomic mass is 10.1. The molecule has 3 rings (SSSR count). The van der Waals surface area contributed by atoms with E-state index in [2.05, 4.69) is 24.1 Å². The molecule has 0 aliphatic carbocycles. The summed E-state index contributed by atoms with van der Waals surface area (Å²) >= 11 is 0. The minimum atomic E-state index is -0.457. The second-order valence-corrected chi connectivity index (χ2v) is 7.28. The SMILES string of the molecule is CC1CN(Cc2ccccc2NC(=O)/C=C/c2cccc([N+](=O)[O-])c2)CC(C)O1. The number of morpholine rings is 1. The standard InChI is InChI=1S/C22H25N3O4/c1-16-13-24(14-17(2)29-16)15-19-7-3-4-9-21(19)23-22(26)11-10-18-6-5-8-20(12-18)25(27)28/h3-12,16-17H,13-15H2,1-2H3,(H,23,26)/b11-10+. The molecular weight excluding hydrogens is 370 g/mol. The molecule has 152 valence electrons.